The number of hydrogen-bond donors (Lipinski definition) is 1. The van der Waals surface area contributed by atoms with Crippen LogP contribution >= 0.6 is 44.8 Å². The molecule has 13 heteroatoms. The van der Waals surface area contributed by atoms with E-state index in [1.807, 2.05) is 6.92 Å². The average Bonchev–Trinajstić information content (AvgIpc) is 3.09. The van der Waals surface area contributed by atoms with Gasteiger partial charge in [-0.3, -0.25) is 24.6 Å². The van der Waals surface area contributed by atoms with Crippen molar-refractivity contribution in [2.75, 3.05) is 66.3 Å². The summed E-state index contributed by atoms with van der Waals surface area (Å²) < 4.78 is 10.7. The van der Waals surface area contributed by atoms with E-state index in [0.29, 0.717) is 76.8 Å². The van der Waals surface area contributed by atoms with Crippen LogP contribution in [0.1, 0.15) is 58.9 Å². The molecule has 4 rings (SSSR count). The number of rotatable bonds is 20. The van der Waals surface area contributed by atoms with Gasteiger partial charge in [-0.05, 0) is 55.2 Å². The molecule has 0 aromatic heterocycles. The number of nitrogens with zero attached hydrogens (tertiary/aromatic N) is 2. The molecule has 48 heavy (non-hydrogen) atoms. The molecule has 258 valence electrons. The van der Waals surface area contributed by atoms with Crippen molar-refractivity contribution in [3.63, 3.8) is 0 Å². The van der Waals surface area contributed by atoms with E-state index in [2.05, 4.69) is 34.5 Å². The van der Waals surface area contributed by atoms with Gasteiger partial charge in [0.15, 0.2) is 0 Å². The zero-order valence-electron chi connectivity index (χ0n) is 27.0. The summed E-state index contributed by atoms with van der Waals surface area (Å²) in [6.07, 6.45) is 2.85. The number of amides is 3. The molecule has 0 spiro atoms. The van der Waals surface area contributed by atoms with Gasteiger partial charge in [-0.1, -0.05) is 59.2 Å². The highest BCUT2D eigenvalue weighted by Crippen LogP contribution is 2.34. The van der Waals surface area contributed by atoms with Gasteiger partial charge in [-0.25, -0.2) is 4.79 Å². The van der Waals surface area contributed by atoms with E-state index >= 15 is 0 Å². The number of nitrogens with one attached hydrogen (secondary N) is 1. The maximum Gasteiger partial charge on any atom is 0.411 e. The van der Waals surface area contributed by atoms with Crippen LogP contribution in [0, 0.1) is 0 Å². The number of benzene rings is 3. The zero-order valence-corrected chi connectivity index (χ0v) is 30.2. The molecule has 3 amide bonds. The van der Waals surface area contributed by atoms with E-state index in [-0.39, 0.29) is 24.4 Å². The van der Waals surface area contributed by atoms with Gasteiger partial charge in [0.2, 0.25) is 0 Å². The lowest BCUT2D eigenvalue weighted by Crippen LogP contribution is -2.40. The van der Waals surface area contributed by atoms with Crippen molar-refractivity contribution in [1.82, 2.24) is 4.90 Å². The molecule has 0 saturated carbocycles. The number of esters is 1. The van der Waals surface area contributed by atoms with Gasteiger partial charge in [0.25, 0.3) is 11.8 Å². The first kappa shape index (κ1) is 37.7. The van der Waals surface area contributed by atoms with E-state index < -0.39 is 6.09 Å². The van der Waals surface area contributed by atoms with E-state index in [4.69, 9.17) is 32.7 Å². The second kappa shape index (κ2) is 19.8. The zero-order chi connectivity index (χ0) is 34.3. The Hall–Kier alpha value is -3.12. The van der Waals surface area contributed by atoms with Crippen LogP contribution in [0.5, 0.6) is 0 Å². The maximum absolute atomic E-state index is 13.1. The van der Waals surface area contributed by atoms with Crippen molar-refractivity contribution in [2.45, 2.75) is 39.0 Å². The number of ether oxygens (including phenoxy) is 2. The van der Waals surface area contributed by atoms with Crippen molar-refractivity contribution < 1.29 is 28.7 Å². The van der Waals surface area contributed by atoms with Gasteiger partial charge >= 0.3 is 12.1 Å². The number of halogens is 2. The highest BCUT2D eigenvalue weighted by atomic mass is 35.5. The Morgan fingerprint density at radius 3 is 2.19 bits per heavy atom. The Balaban J connectivity index is 1.09. The summed E-state index contributed by atoms with van der Waals surface area (Å²) in [5, 5.41) is 3.91. The molecule has 9 nitrogen and oxygen atoms in total. The summed E-state index contributed by atoms with van der Waals surface area (Å²) in [6.45, 7) is 4.37. The van der Waals surface area contributed by atoms with Crippen LogP contribution < -0.4 is 10.2 Å². The van der Waals surface area contributed by atoms with E-state index in [1.165, 1.54) is 15.7 Å². The van der Waals surface area contributed by atoms with Gasteiger partial charge in [-0.2, -0.15) is 0 Å². The Labute approximate surface area is 299 Å². The fraction of sp³-hybridized carbons (Fsp3) is 0.429. The third-order valence-electron chi connectivity index (χ3n) is 7.73. The molecule has 0 fully saturated rings. The summed E-state index contributed by atoms with van der Waals surface area (Å²) in [5.41, 5.74) is 3.61. The molecule has 0 aliphatic carbocycles. The molecule has 1 aliphatic rings. The number of alkyl halides is 2. The Bertz CT molecular complexity index is 1530. The van der Waals surface area contributed by atoms with Gasteiger partial charge in [-0.15, -0.1) is 23.2 Å². The monoisotopic (exact) mass is 733 g/mol. The summed E-state index contributed by atoms with van der Waals surface area (Å²) in [5.74, 6) is 1.41. The second-order valence-electron chi connectivity index (χ2n) is 11.0. The second-order valence-corrected chi connectivity index (χ2v) is 14.5. The van der Waals surface area contributed by atoms with Crippen molar-refractivity contribution >= 4 is 90.8 Å². The summed E-state index contributed by atoms with van der Waals surface area (Å²) in [4.78, 5) is 54.2. The molecule has 1 aliphatic heterocycles. The number of unbranched alkanes of at least 4 members (excludes halogenated alkanes) is 1. The smallest absolute Gasteiger partial charge is 0.411 e. The number of imide groups is 1. The fourth-order valence-electron chi connectivity index (χ4n) is 5.35. The van der Waals surface area contributed by atoms with Crippen molar-refractivity contribution in [2.24, 2.45) is 0 Å². The third kappa shape index (κ3) is 10.4. The normalized spacial score (nSPS) is 12.4. The largest absolute Gasteiger partial charge is 0.465 e. The first-order valence-electron chi connectivity index (χ1n) is 16.1. The highest BCUT2D eigenvalue weighted by molar-refractivity contribution is 8.76. The van der Waals surface area contributed by atoms with Crippen molar-refractivity contribution in [1.29, 1.82) is 0 Å². The third-order valence-corrected chi connectivity index (χ3v) is 10.4. The van der Waals surface area contributed by atoms with Crippen LogP contribution in [0.4, 0.5) is 16.2 Å². The van der Waals surface area contributed by atoms with Crippen LogP contribution in [0.2, 0.25) is 0 Å². The number of carbonyl (C=O) groups excluding carboxylic acids is 4. The van der Waals surface area contributed by atoms with Crippen LogP contribution in [-0.2, 0) is 20.7 Å². The minimum atomic E-state index is -0.621. The van der Waals surface area contributed by atoms with Gasteiger partial charge in [0, 0.05) is 76.9 Å². The summed E-state index contributed by atoms with van der Waals surface area (Å²) >= 11 is 11.8. The van der Waals surface area contributed by atoms with Gasteiger partial charge in [0.1, 0.15) is 13.2 Å². The molecule has 0 radical (unpaired) electrons. The van der Waals surface area contributed by atoms with E-state index in [0.717, 1.165) is 43.6 Å². The van der Waals surface area contributed by atoms with Crippen molar-refractivity contribution in [3.05, 3.63) is 71.3 Å². The number of aryl methyl sites for hydroxylation is 1. The molecule has 0 saturated heterocycles. The number of carbonyl (C=O) groups is 4. The Morgan fingerprint density at radius 2 is 1.52 bits per heavy atom. The van der Waals surface area contributed by atoms with Crippen LogP contribution in [0.15, 0.2) is 54.6 Å². The standard InChI is InChI=1S/C35H41Cl2N3O6S2/c1-2-3-18-40-33(42)28-8-5-7-27-30(15-14-29(32(27)28)34(40)43)38-35(44)46-22-24-48-47-23-21-45-31(41)9-4-6-25-10-12-26(13-11-25)39(19-16-36)20-17-37/h5,7-8,10-15H,2-4,6,9,16-24H2,1H3,(H,38,44). The van der Waals surface area contributed by atoms with Crippen LogP contribution in [0.3, 0.4) is 0 Å². The Kier molecular flexibility index (Phi) is 15.5. The van der Waals surface area contributed by atoms with E-state index in [9.17, 15) is 19.2 Å². The molecule has 1 heterocycles. The minimum Gasteiger partial charge on any atom is -0.465 e. The quantitative estimate of drug-likeness (QED) is 0.0406. The average molecular weight is 735 g/mol. The van der Waals surface area contributed by atoms with Crippen LogP contribution in [0.25, 0.3) is 10.8 Å². The predicted octanol–water partition coefficient (Wildman–Crippen LogP) is 8.02. The fourth-order valence-corrected chi connectivity index (χ4v) is 7.41. The Morgan fingerprint density at radius 1 is 0.854 bits per heavy atom. The lowest BCUT2D eigenvalue weighted by atomic mass is 9.93. The summed E-state index contributed by atoms with van der Waals surface area (Å²) in [7, 11) is 3.06. The molecule has 0 atom stereocenters. The molecule has 0 bridgehead atoms. The molecule has 0 unspecified atom stereocenters. The lowest BCUT2D eigenvalue weighted by molar-refractivity contribution is -0.143. The van der Waals surface area contributed by atoms with Crippen molar-refractivity contribution in [3.8, 4) is 0 Å². The van der Waals surface area contributed by atoms with Gasteiger partial charge in [0.05, 0.1) is 5.69 Å². The first-order chi connectivity index (χ1) is 23.4. The number of anilines is 2. The van der Waals surface area contributed by atoms with Gasteiger partial charge < -0.3 is 14.4 Å². The molecular formula is C35H41Cl2N3O6S2. The number of hydrogen-bond acceptors (Lipinski definition) is 9. The minimum absolute atomic E-state index is 0.187. The van der Waals surface area contributed by atoms with Crippen LogP contribution in [-0.4, -0.2) is 84.9 Å². The highest BCUT2D eigenvalue weighted by Gasteiger charge is 2.33. The molecule has 3 aromatic rings. The SMILES string of the molecule is CCCCN1C(=O)c2cccc3c(NC(=O)OCCSSCCOC(=O)CCCc4ccc(N(CCCl)CCCl)cc4)ccc(c23)C1=O. The predicted molar refractivity (Wildman–Crippen MR) is 198 cm³/mol. The lowest BCUT2D eigenvalue weighted by Gasteiger charge is -2.27. The summed E-state index contributed by atoms with van der Waals surface area (Å²) in [6, 6.07) is 16.8. The maximum atomic E-state index is 13.1. The topological polar surface area (TPSA) is 105 Å². The molecular weight excluding hydrogens is 693 g/mol. The van der Waals surface area contributed by atoms with E-state index in [1.54, 1.807) is 41.1 Å². The molecule has 1 N–H and O–H groups in total. The molecule has 3 aromatic carbocycles. The first-order valence-corrected chi connectivity index (χ1v) is 19.6.